The number of hydrogen-bond donors (Lipinski definition) is 0. The van der Waals surface area contributed by atoms with Crippen LogP contribution in [-0.4, -0.2) is 42.3 Å². The van der Waals surface area contributed by atoms with Gasteiger partial charge < -0.3 is 4.90 Å². The van der Waals surface area contributed by atoms with Gasteiger partial charge in [0.1, 0.15) is 0 Å². The van der Waals surface area contributed by atoms with Crippen LogP contribution in [0.5, 0.6) is 0 Å². The molecule has 2 saturated heterocycles. The molecule has 0 aromatic heterocycles. The van der Waals surface area contributed by atoms with Gasteiger partial charge in [0.2, 0.25) is 0 Å². The number of amidine groups is 1. The summed E-state index contributed by atoms with van der Waals surface area (Å²) in [7, 11) is -3.05. The summed E-state index contributed by atoms with van der Waals surface area (Å²) in [6.07, 6.45) is 0. The Balaban J connectivity index is 2.05. The lowest BCUT2D eigenvalue weighted by atomic mass is 9.96. The second-order valence-corrected chi connectivity index (χ2v) is 11.2. The fourth-order valence-electron chi connectivity index (χ4n) is 3.00. The topological polar surface area (TPSA) is 66.8 Å². The number of fused-ring (bicyclic) bond motifs is 1. The number of amides is 1. The van der Waals surface area contributed by atoms with Gasteiger partial charge in [-0.25, -0.2) is 8.42 Å². The van der Waals surface area contributed by atoms with Crippen molar-refractivity contribution < 1.29 is 13.2 Å². The lowest BCUT2D eigenvalue weighted by Gasteiger charge is -2.25. The number of aryl methyl sites for hydroxylation is 2. The lowest BCUT2D eigenvalue weighted by Crippen LogP contribution is -2.38. The average Bonchev–Trinajstić information content (AvgIpc) is 2.92. The van der Waals surface area contributed by atoms with E-state index >= 15 is 0 Å². The van der Waals surface area contributed by atoms with Crippen LogP contribution in [0.25, 0.3) is 0 Å². The van der Waals surface area contributed by atoms with Gasteiger partial charge in [-0.1, -0.05) is 38.6 Å². The predicted molar refractivity (Wildman–Crippen MR) is 104 cm³/mol. The third-order valence-corrected chi connectivity index (χ3v) is 7.88. The molecule has 0 spiro atoms. The zero-order chi connectivity index (χ0) is 18.6. The van der Waals surface area contributed by atoms with Crippen LogP contribution in [0.4, 0.5) is 5.69 Å². The monoisotopic (exact) mass is 380 g/mol. The van der Waals surface area contributed by atoms with E-state index in [4.69, 9.17) is 0 Å². The number of thioether (sulfide) groups is 1. The first kappa shape index (κ1) is 18.5. The summed E-state index contributed by atoms with van der Waals surface area (Å²) < 4.78 is 24.2. The molecule has 2 aliphatic rings. The van der Waals surface area contributed by atoms with E-state index in [0.717, 1.165) is 11.3 Å². The number of rotatable bonds is 1. The maximum Gasteiger partial charge on any atom is 0.253 e. The van der Waals surface area contributed by atoms with Gasteiger partial charge in [-0.2, -0.15) is 4.99 Å². The second-order valence-electron chi connectivity index (χ2n) is 7.89. The Bertz CT molecular complexity index is 854. The Morgan fingerprint density at radius 3 is 2.48 bits per heavy atom. The highest BCUT2D eigenvalue weighted by Gasteiger charge is 2.49. The second kappa shape index (κ2) is 6.13. The molecule has 2 atom stereocenters. The summed E-state index contributed by atoms with van der Waals surface area (Å²) in [6.45, 7) is 9.58. The van der Waals surface area contributed by atoms with E-state index in [2.05, 4.69) is 4.99 Å². The number of nitrogens with zero attached hydrogens (tertiary/aromatic N) is 2. The van der Waals surface area contributed by atoms with Gasteiger partial charge in [0, 0.05) is 16.4 Å². The number of hydrogen-bond acceptors (Lipinski definition) is 4. The van der Waals surface area contributed by atoms with Crippen molar-refractivity contribution in [3.8, 4) is 0 Å². The molecule has 3 rings (SSSR count). The van der Waals surface area contributed by atoms with Crippen LogP contribution in [0.3, 0.4) is 0 Å². The van der Waals surface area contributed by atoms with Crippen LogP contribution in [0, 0.1) is 19.3 Å². The molecule has 2 heterocycles. The summed E-state index contributed by atoms with van der Waals surface area (Å²) >= 11 is 1.42. The first-order valence-corrected chi connectivity index (χ1v) is 11.0. The van der Waals surface area contributed by atoms with Gasteiger partial charge in [0.25, 0.3) is 5.91 Å². The van der Waals surface area contributed by atoms with Crippen molar-refractivity contribution in [1.29, 1.82) is 0 Å². The normalized spacial score (nSPS) is 26.9. The Labute approximate surface area is 153 Å². The fraction of sp³-hybridized carbons (Fsp3) is 0.556. The predicted octanol–water partition coefficient (Wildman–Crippen LogP) is 2.95. The van der Waals surface area contributed by atoms with Crippen molar-refractivity contribution in [1.82, 2.24) is 0 Å². The Morgan fingerprint density at radius 1 is 1.20 bits per heavy atom. The standard InChI is InChI=1S/C18H24N2O3S2/c1-11-6-7-13(8-12(11)2)20-14-9-25(22,23)10-15(14)24-17(20)19-16(21)18(3,4)5/h6-8,14-15H,9-10H2,1-5H3/t14-,15-/m1/s1. The molecule has 136 valence electrons. The van der Waals surface area contributed by atoms with Crippen molar-refractivity contribution in [2.24, 2.45) is 10.4 Å². The largest absolute Gasteiger partial charge is 0.316 e. The Kier molecular flexibility index (Phi) is 4.52. The van der Waals surface area contributed by atoms with E-state index in [1.165, 1.54) is 17.3 Å². The van der Waals surface area contributed by atoms with E-state index in [1.807, 2.05) is 57.7 Å². The molecule has 2 aliphatic heterocycles. The molecule has 5 nitrogen and oxygen atoms in total. The van der Waals surface area contributed by atoms with Crippen molar-refractivity contribution in [2.45, 2.75) is 45.9 Å². The van der Waals surface area contributed by atoms with Crippen LogP contribution in [0.15, 0.2) is 23.2 Å². The molecule has 7 heteroatoms. The highest BCUT2D eigenvalue weighted by Crippen LogP contribution is 2.41. The quantitative estimate of drug-likeness (QED) is 0.749. The molecule has 1 amide bonds. The minimum Gasteiger partial charge on any atom is -0.316 e. The van der Waals surface area contributed by atoms with Crippen LogP contribution in [0.1, 0.15) is 31.9 Å². The van der Waals surface area contributed by atoms with Crippen LogP contribution >= 0.6 is 11.8 Å². The van der Waals surface area contributed by atoms with Gasteiger partial charge in [-0.05, 0) is 37.1 Å². The molecule has 1 aromatic carbocycles. The molecule has 0 saturated carbocycles. The number of carbonyl (C=O) groups excluding carboxylic acids is 1. The van der Waals surface area contributed by atoms with Crippen LogP contribution in [0.2, 0.25) is 0 Å². The molecule has 0 bridgehead atoms. The smallest absolute Gasteiger partial charge is 0.253 e. The highest BCUT2D eigenvalue weighted by molar-refractivity contribution is 8.16. The summed E-state index contributed by atoms with van der Waals surface area (Å²) in [5, 5.41) is 0.547. The minimum absolute atomic E-state index is 0.0712. The first-order chi connectivity index (χ1) is 11.5. The number of aliphatic imine (C=N–C) groups is 1. The molecular weight excluding hydrogens is 356 g/mol. The van der Waals surface area contributed by atoms with E-state index in [-0.39, 0.29) is 28.7 Å². The molecule has 0 aliphatic carbocycles. The molecule has 0 N–H and O–H groups in total. The average molecular weight is 381 g/mol. The van der Waals surface area contributed by atoms with Gasteiger partial charge in [-0.15, -0.1) is 0 Å². The van der Waals surface area contributed by atoms with Crippen LogP contribution in [-0.2, 0) is 14.6 Å². The third-order valence-electron chi connectivity index (χ3n) is 4.67. The van der Waals surface area contributed by atoms with Gasteiger partial charge >= 0.3 is 0 Å². The molecule has 1 aromatic rings. The zero-order valence-corrected chi connectivity index (χ0v) is 16.9. The van der Waals surface area contributed by atoms with Crippen LogP contribution < -0.4 is 4.90 Å². The highest BCUT2D eigenvalue weighted by atomic mass is 32.2. The van der Waals surface area contributed by atoms with E-state index < -0.39 is 15.3 Å². The Hall–Kier alpha value is -1.34. The minimum atomic E-state index is -3.05. The maximum atomic E-state index is 12.4. The molecule has 0 radical (unpaired) electrons. The summed E-state index contributed by atoms with van der Waals surface area (Å²) in [5.41, 5.74) is 2.65. The van der Waals surface area contributed by atoms with Crippen molar-refractivity contribution in [2.75, 3.05) is 16.4 Å². The zero-order valence-electron chi connectivity index (χ0n) is 15.2. The van der Waals surface area contributed by atoms with Gasteiger partial charge in [0.05, 0.1) is 17.5 Å². The summed E-state index contributed by atoms with van der Waals surface area (Å²) in [6, 6.07) is 5.88. The summed E-state index contributed by atoms with van der Waals surface area (Å²) in [5.74, 6) is 0.0684. The third kappa shape index (κ3) is 3.62. The van der Waals surface area contributed by atoms with Crippen molar-refractivity contribution in [3.05, 3.63) is 29.3 Å². The maximum absolute atomic E-state index is 12.4. The number of sulfone groups is 1. The number of anilines is 1. The van der Waals surface area contributed by atoms with Gasteiger partial charge in [-0.3, -0.25) is 4.79 Å². The van der Waals surface area contributed by atoms with E-state index in [0.29, 0.717) is 5.17 Å². The van der Waals surface area contributed by atoms with E-state index in [1.54, 1.807) is 0 Å². The van der Waals surface area contributed by atoms with Gasteiger partial charge in [0.15, 0.2) is 15.0 Å². The van der Waals surface area contributed by atoms with Crippen molar-refractivity contribution >= 4 is 38.4 Å². The molecule has 25 heavy (non-hydrogen) atoms. The lowest BCUT2D eigenvalue weighted by molar-refractivity contribution is -0.124. The SMILES string of the molecule is Cc1ccc(N2C(=NC(=O)C(C)(C)C)S[C@@H]3CS(=O)(=O)C[C@H]32)cc1C. The molecular formula is C18H24N2O3S2. The fourth-order valence-corrected chi connectivity index (χ4v) is 6.91. The van der Waals surface area contributed by atoms with E-state index in [9.17, 15) is 13.2 Å². The number of benzene rings is 1. The summed E-state index contributed by atoms with van der Waals surface area (Å²) in [4.78, 5) is 18.7. The number of carbonyl (C=O) groups is 1. The molecule has 0 unspecified atom stereocenters. The Morgan fingerprint density at radius 2 is 1.88 bits per heavy atom. The van der Waals surface area contributed by atoms with Crippen molar-refractivity contribution in [3.63, 3.8) is 0 Å². The molecule has 2 fully saturated rings. The first-order valence-electron chi connectivity index (χ1n) is 8.35.